The Hall–Kier alpha value is -1.75. The molecular formula is C13H15N3OS. The number of aromatic amines is 1. The first-order chi connectivity index (χ1) is 8.65. The lowest BCUT2D eigenvalue weighted by Crippen LogP contribution is -2.15. The molecule has 2 rings (SSSR count). The van der Waals surface area contributed by atoms with E-state index in [1.54, 1.807) is 12.4 Å². The molecule has 0 aliphatic carbocycles. The predicted molar refractivity (Wildman–Crippen MR) is 73.9 cm³/mol. The van der Waals surface area contributed by atoms with Gasteiger partial charge >= 0.3 is 0 Å². The van der Waals surface area contributed by atoms with Crippen molar-refractivity contribution in [3.63, 3.8) is 0 Å². The normalized spacial score (nSPS) is 10.3. The average Bonchev–Trinajstić information content (AvgIpc) is 2.84. The largest absolute Gasteiger partial charge is 0.340 e. The molecule has 1 aromatic heterocycles. The molecule has 2 aromatic rings. The molecule has 0 unspecified atom stereocenters. The molecule has 0 atom stereocenters. The molecule has 0 aliphatic heterocycles. The SMILES string of the molecule is Cc1ccc(C)c(NC(=O)CSc2ncc[nH]2)c1. The van der Waals surface area contributed by atoms with Crippen LogP contribution < -0.4 is 5.32 Å². The minimum Gasteiger partial charge on any atom is -0.340 e. The lowest BCUT2D eigenvalue weighted by Gasteiger charge is -2.08. The molecule has 1 heterocycles. The van der Waals surface area contributed by atoms with Crippen LogP contribution in [0.3, 0.4) is 0 Å². The molecule has 0 radical (unpaired) electrons. The first-order valence-corrected chi connectivity index (χ1v) is 6.63. The van der Waals surface area contributed by atoms with Crippen LogP contribution >= 0.6 is 11.8 Å². The minimum absolute atomic E-state index is 0.0231. The third-order valence-corrected chi connectivity index (χ3v) is 3.38. The Labute approximate surface area is 110 Å². The summed E-state index contributed by atoms with van der Waals surface area (Å²) in [7, 11) is 0. The minimum atomic E-state index is -0.0231. The van der Waals surface area contributed by atoms with Gasteiger partial charge < -0.3 is 10.3 Å². The number of anilines is 1. The van der Waals surface area contributed by atoms with Crippen molar-refractivity contribution in [3.8, 4) is 0 Å². The summed E-state index contributed by atoms with van der Waals surface area (Å²) in [6, 6.07) is 6.01. The van der Waals surface area contributed by atoms with E-state index in [1.807, 2.05) is 32.0 Å². The fourth-order valence-corrected chi connectivity index (χ4v) is 2.15. The van der Waals surface area contributed by atoms with E-state index in [1.165, 1.54) is 11.8 Å². The summed E-state index contributed by atoms with van der Waals surface area (Å²) < 4.78 is 0. The lowest BCUT2D eigenvalue weighted by molar-refractivity contribution is -0.113. The number of rotatable bonds is 4. The Kier molecular flexibility index (Phi) is 4.04. The van der Waals surface area contributed by atoms with Crippen molar-refractivity contribution < 1.29 is 4.79 Å². The summed E-state index contributed by atoms with van der Waals surface area (Å²) >= 11 is 1.39. The highest BCUT2D eigenvalue weighted by atomic mass is 32.2. The van der Waals surface area contributed by atoms with E-state index in [0.717, 1.165) is 22.0 Å². The smallest absolute Gasteiger partial charge is 0.234 e. The Balaban J connectivity index is 1.92. The van der Waals surface area contributed by atoms with Gasteiger partial charge in [0.2, 0.25) is 5.91 Å². The molecule has 0 fully saturated rings. The number of H-pyrrole nitrogens is 1. The number of nitrogens with zero attached hydrogens (tertiary/aromatic N) is 1. The zero-order chi connectivity index (χ0) is 13.0. The maximum Gasteiger partial charge on any atom is 0.234 e. The Morgan fingerprint density at radius 2 is 2.28 bits per heavy atom. The fraction of sp³-hybridized carbons (Fsp3) is 0.231. The van der Waals surface area contributed by atoms with Gasteiger partial charge in [0, 0.05) is 18.1 Å². The van der Waals surface area contributed by atoms with Crippen LogP contribution in [0.2, 0.25) is 0 Å². The van der Waals surface area contributed by atoms with Crippen molar-refractivity contribution in [2.24, 2.45) is 0 Å². The number of benzene rings is 1. The van der Waals surface area contributed by atoms with Gasteiger partial charge in [0.25, 0.3) is 0 Å². The second-order valence-corrected chi connectivity index (χ2v) is 5.01. The first-order valence-electron chi connectivity index (χ1n) is 5.64. The molecule has 18 heavy (non-hydrogen) atoms. The average molecular weight is 261 g/mol. The molecule has 0 saturated carbocycles. The molecule has 1 aromatic carbocycles. The second-order valence-electron chi connectivity index (χ2n) is 4.05. The molecule has 0 saturated heterocycles. The van der Waals surface area contributed by atoms with Crippen molar-refractivity contribution >= 4 is 23.4 Å². The molecule has 1 amide bonds. The molecule has 0 spiro atoms. The van der Waals surface area contributed by atoms with Gasteiger partial charge in [0.15, 0.2) is 5.16 Å². The molecular weight excluding hydrogens is 246 g/mol. The quantitative estimate of drug-likeness (QED) is 0.832. The summed E-state index contributed by atoms with van der Waals surface area (Å²) in [5.41, 5.74) is 3.08. The van der Waals surface area contributed by atoms with Gasteiger partial charge in [-0.05, 0) is 31.0 Å². The van der Waals surface area contributed by atoms with Gasteiger partial charge in [0.1, 0.15) is 0 Å². The summed E-state index contributed by atoms with van der Waals surface area (Å²) in [5.74, 6) is 0.325. The third kappa shape index (κ3) is 3.37. The summed E-state index contributed by atoms with van der Waals surface area (Å²) in [6.45, 7) is 3.99. The summed E-state index contributed by atoms with van der Waals surface area (Å²) in [5, 5.41) is 3.67. The van der Waals surface area contributed by atoms with E-state index in [2.05, 4.69) is 15.3 Å². The van der Waals surface area contributed by atoms with Crippen LogP contribution in [-0.4, -0.2) is 21.6 Å². The molecule has 94 valence electrons. The van der Waals surface area contributed by atoms with Gasteiger partial charge in [-0.1, -0.05) is 23.9 Å². The number of carbonyl (C=O) groups is 1. The van der Waals surface area contributed by atoms with Crippen LogP contribution in [-0.2, 0) is 4.79 Å². The summed E-state index contributed by atoms with van der Waals surface area (Å²) in [6.07, 6.45) is 3.41. The van der Waals surface area contributed by atoms with Crippen molar-refractivity contribution in [1.29, 1.82) is 0 Å². The first kappa shape index (κ1) is 12.7. The topological polar surface area (TPSA) is 57.8 Å². The van der Waals surface area contributed by atoms with Crippen LogP contribution in [0.1, 0.15) is 11.1 Å². The molecule has 5 heteroatoms. The van der Waals surface area contributed by atoms with E-state index in [0.29, 0.717) is 5.75 Å². The molecule has 4 nitrogen and oxygen atoms in total. The highest BCUT2D eigenvalue weighted by Gasteiger charge is 2.06. The summed E-state index contributed by atoms with van der Waals surface area (Å²) in [4.78, 5) is 18.8. The van der Waals surface area contributed by atoms with Crippen molar-refractivity contribution in [1.82, 2.24) is 9.97 Å². The van der Waals surface area contributed by atoms with E-state index in [4.69, 9.17) is 0 Å². The van der Waals surface area contributed by atoms with Crippen molar-refractivity contribution in [2.75, 3.05) is 11.1 Å². The van der Waals surface area contributed by atoms with Gasteiger partial charge in [-0.15, -0.1) is 0 Å². The Bertz CT molecular complexity index is 537. The number of imidazole rings is 1. The zero-order valence-corrected chi connectivity index (χ0v) is 11.2. The molecule has 0 aliphatic rings. The highest BCUT2D eigenvalue weighted by molar-refractivity contribution is 7.99. The number of nitrogens with one attached hydrogen (secondary N) is 2. The number of aromatic nitrogens is 2. The van der Waals surface area contributed by atoms with E-state index < -0.39 is 0 Å². The fourth-order valence-electron chi connectivity index (χ4n) is 1.52. The Morgan fingerprint density at radius 3 is 3.00 bits per heavy atom. The highest BCUT2D eigenvalue weighted by Crippen LogP contribution is 2.17. The number of aryl methyl sites for hydroxylation is 2. The van der Waals surface area contributed by atoms with Crippen LogP contribution in [0.15, 0.2) is 35.7 Å². The molecule has 0 bridgehead atoms. The predicted octanol–water partition coefficient (Wildman–Crippen LogP) is 2.76. The van der Waals surface area contributed by atoms with Gasteiger partial charge in [0.05, 0.1) is 5.75 Å². The lowest BCUT2D eigenvalue weighted by atomic mass is 10.1. The number of thioether (sulfide) groups is 1. The van der Waals surface area contributed by atoms with E-state index in [-0.39, 0.29) is 5.91 Å². The Morgan fingerprint density at radius 1 is 1.44 bits per heavy atom. The van der Waals surface area contributed by atoms with Crippen LogP contribution in [0.4, 0.5) is 5.69 Å². The van der Waals surface area contributed by atoms with Gasteiger partial charge in [-0.2, -0.15) is 0 Å². The van der Waals surface area contributed by atoms with Crippen molar-refractivity contribution in [3.05, 3.63) is 41.7 Å². The van der Waals surface area contributed by atoms with E-state index >= 15 is 0 Å². The third-order valence-electron chi connectivity index (χ3n) is 2.48. The maximum atomic E-state index is 11.8. The number of carbonyl (C=O) groups excluding carboxylic acids is 1. The number of hydrogen-bond acceptors (Lipinski definition) is 3. The zero-order valence-electron chi connectivity index (χ0n) is 10.4. The maximum absolute atomic E-state index is 11.8. The number of hydrogen-bond donors (Lipinski definition) is 2. The second kappa shape index (κ2) is 5.73. The van der Waals surface area contributed by atoms with Crippen LogP contribution in [0.5, 0.6) is 0 Å². The van der Waals surface area contributed by atoms with Crippen LogP contribution in [0, 0.1) is 13.8 Å². The van der Waals surface area contributed by atoms with Gasteiger partial charge in [-0.3, -0.25) is 4.79 Å². The number of amides is 1. The monoisotopic (exact) mass is 261 g/mol. The van der Waals surface area contributed by atoms with E-state index in [9.17, 15) is 4.79 Å². The van der Waals surface area contributed by atoms with Crippen molar-refractivity contribution in [2.45, 2.75) is 19.0 Å². The van der Waals surface area contributed by atoms with Gasteiger partial charge in [-0.25, -0.2) is 4.98 Å². The standard InChI is InChI=1S/C13H15N3OS/c1-9-3-4-10(2)11(7-9)16-12(17)8-18-13-14-5-6-15-13/h3-7H,8H2,1-2H3,(H,14,15)(H,16,17). The molecule has 2 N–H and O–H groups in total. The van der Waals surface area contributed by atoms with Crippen LogP contribution in [0.25, 0.3) is 0 Å².